The van der Waals surface area contributed by atoms with Crippen LogP contribution in [0.1, 0.15) is 45.1 Å². The molecule has 1 heterocycles. The third-order valence-electron chi connectivity index (χ3n) is 3.87. The second kappa shape index (κ2) is 6.85. The van der Waals surface area contributed by atoms with Crippen LogP contribution in [0, 0.1) is 5.92 Å². The Balaban J connectivity index is 2.12. The van der Waals surface area contributed by atoms with E-state index in [1.807, 2.05) is 7.05 Å². The van der Waals surface area contributed by atoms with Crippen molar-refractivity contribution in [1.82, 2.24) is 15.5 Å². The number of nitrogens with zero attached hydrogens (tertiary/aromatic N) is 2. The molecular formula is C17H25N3O. The van der Waals surface area contributed by atoms with Crippen LogP contribution in [0.2, 0.25) is 0 Å². The molecule has 4 heteroatoms. The summed E-state index contributed by atoms with van der Waals surface area (Å²) in [6.45, 7) is 8.74. The number of aromatic nitrogens is 2. The number of benzene rings is 1. The van der Waals surface area contributed by atoms with Crippen molar-refractivity contribution in [3.8, 4) is 11.4 Å². The lowest BCUT2D eigenvalue weighted by atomic mass is 10.0. The van der Waals surface area contributed by atoms with Gasteiger partial charge in [-0.3, -0.25) is 0 Å². The van der Waals surface area contributed by atoms with Crippen molar-refractivity contribution < 1.29 is 4.52 Å². The minimum Gasteiger partial charge on any atom is -0.339 e. The second-order valence-electron chi connectivity index (χ2n) is 6.13. The molecule has 0 amide bonds. The second-order valence-corrected chi connectivity index (χ2v) is 6.13. The zero-order valence-electron chi connectivity index (χ0n) is 13.6. The van der Waals surface area contributed by atoms with Gasteiger partial charge in [0, 0.05) is 18.0 Å². The summed E-state index contributed by atoms with van der Waals surface area (Å²) < 4.78 is 5.38. The predicted octanol–water partition coefficient (Wildman–Crippen LogP) is 3.65. The number of rotatable bonds is 6. The zero-order chi connectivity index (χ0) is 15.4. The van der Waals surface area contributed by atoms with Gasteiger partial charge < -0.3 is 9.84 Å². The molecule has 0 aliphatic carbocycles. The third kappa shape index (κ3) is 3.91. The van der Waals surface area contributed by atoms with E-state index < -0.39 is 0 Å². The van der Waals surface area contributed by atoms with Crippen LogP contribution < -0.4 is 5.32 Å². The van der Waals surface area contributed by atoms with Gasteiger partial charge in [0.15, 0.2) is 0 Å². The van der Waals surface area contributed by atoms with Crippen molar-refractivity contribution in [1.29, 1.82) is 0 Å². The maximum atomic E-state index is 5.38. The summed E-state index contributed by atoms with van der Waals surface area (Å²) in [5.74, 6) is 2.41. The predicted molar refractivity (Wildman–Crippen MR) is 85.2 cm³/mol. The van der Waals surface area contributed by atoms with Gasteiger partial charge in [-0.2, -0.15) is 4.98 Å². The van der Waals surface area contributed by atoms with Crippen LogP contribution in [-0.2, 0) is 6.42 Å². The topological polar surface area (TPSA) is 51.0 Å². The van der Waals surface area contributed by atoms with Crippen LogP contribution in [-0.4, -0.2) is 23.2 Å². The standard InChI is InChI=1S/C17H25N3O/c1-11(2)13-6-8-14(9-7-13)17-19-16(21-20-17)10-15(18-5)12(3)4/h6-9,11-12,15,18H,10H2,1-5H3. The summed E-state index contributed by atoms with van der Waals surface area (Å²) in [6, 6.07) is 8.71. The number of hydrogen-bond donors (Lipinski definition) is 1. The molecule has 2 aromatic rings. The first-order valence-electron chi connectivity index (χ1n) is 7.61. The van der Waals surface area contributed by atoms with E-state index in [9.17, 15) is 0 Å². The van der Waals surface area contributed by atoms with Gasteiger partial charge in [0.2, 0.25) is 11.7 Å². The fraction of sp³-hybridized carbons (Fsp3) is 0.529. The molecule has 0 aliphatic heterocycles. The summed E-state index contributed by atoms with van der Waals surface area (Å²) >= 11 is 0. The number of nitrogens with one attached hydrogen (secondary N) is 1. The normalized spacial score (nSPS) is 13.1. The van der Waals surface area contributed by atoms with E-state index >= 15 is 0 Å². The fourth-order valence-electron chi connectivity index (χ4n) is 2.33. The Labute approximate surface area is 127 Å². The van der Waals surface area contributed by atoms with Crippen molar-refractivity contribution in [3.63, 3.8) is 0 Å². The van der Waals surface area contributed by atoms with Crippen LogP contribution >= 0.6 is 0 Å². The lowest BCUT2D eigenvalue weighted by Crippen LogP contribution is -2.32. The summed E-state index contributed by atoms with van der Waals surface area (Å²) in [5, 5.41) is 7.38. The molecule has 1 N–H and O–H groups in total. The van der Waals surface area contributed by atoms with E-state index in [1.165, 1.54) is 5.56 Å². The Morgan fingerprint density at radius 3 is 2.29 bits per heavy atom. The van der Waals surface area contributed by atoms with Crippen molar-refractivity contribution in [2.45, 2.75) is 46.1 Å². The van der Waals surface area contributed by atoms with E-state index in [-0.39, 0.29) is 0 Å². The maximum absolute atomic E-state index is 5.38. The Morgan fingerprint density at radius 2 is 1.76 bits per heavy atom. The van der Waals surface area contributed by atoms with E-state index in [0.29, 0.717) is 29.6 Å². The number of hydrogen-bond acceptors (Lipinski definition) is 4. The lowest BCUT2D eigenvalue weighted by Gasteiger charge is -2.17. The van der Waals surface area contributed by atoms with Gasteiger partial charge in [-0.25, -0.2) is 0 Å². The minimum absolute atomic E-state index is 0.349. The molecule has 21 heavy (non-hydrogen) atoms. The highest BCUT2D eigenvalue weighted by molar-refractivity contribution is 5.54. The molecule has 0 saturated carbocycles. The molecule has 2 rings (SSSR count). The Bertz CT molecular complexity index is 558. The summed E-state index contributed by atoms with van der Waals surface area (Å²) in [6.07, 6.45) is 0.755. The quantitative estimate of drug-likeness (QED) is 0.881. The summed E-state index contributed by atoms with van der Waals surface area (Å²) in [4.78, 5) is 4.51. The molecule has 0 aliphatic rings. The molecule has 0 fully saturated rings. The van der Waals surface area contributed by atoms with E-state index in [2.05, 4.69) is 67.4 Å². The van der Waals surface area contributed by atoms with E-state index in [1.54, 1.807) is 0 Å². The van der Waals surface area contributed by atoms with E-state index in [0.717, 1.165) is 12.0 Å². The van der Waals surface area contributed by atoms with Crippen LogP contribution in [0.25, 0.3) is 11.4 Å². The lowest BCUT2D eigenvalue weighted by molar-refractivity contribution is 0.335. The average molecular weight is 287 g/mol. The monoisotopic (exact) mass is 287 g/mol. The van der Waals surface area contributed by atoms with Crippen LogP contribution in [0.5, 0.6) is 0 Å². The van der Waals surface area contributed by atoms with Crippen molar-refractivity contribution in [2.75, 3.05) is 7.05 Å². The third-order valence-corrected chi connectivity index (χ3v) is 3.87. The molecule has 0 saturated heterocycles. The molecule has 1 atom stereocenters. The molecule has 0 bridgehead atoms. The van der Waals surface area contributed by atoms with Gasteiger partial charge in [-0.15, -0.1) is 0 Å². The van der Waals surface area contributed by atoms with Gasteiger partial charge in [0.1, 0.15) is 0 Å². The maximum Gasteiger partial charge on any atom is 0.228 e. The van der Waals surface area contributed by atoms with Gasteiger partial charge in [-0.1, -0.05) is 57.1 Å². The largest absolute Gasteiger partial charge is 0.339 e. The first-order chi connectivity index (χ1) is 10.0. The first kappa shape index (κ1) is 15.7. The molecule has 1 aromatic heterocycles. The van der Waals surface area contributed by atoms with Gasteiger partial charge in [0.25, 0.3) is 0 Å². The number of likely N-dealkylation sites (N-methyl/N-ethyl adjacent to an activating group) is 1. The molecule has 114 valence electrons. The molecule has 0 radical (unpaired) electrons. The molecule has 4 nitrogen and oxygen atoms in total. The first-order valence-corrected chi connectivity index (χ1v) is 7.61. The van der Waals surface area contributed by atoms with Gasteiger partial charge >= 0.3 is 0 Å². The summed E-state index contributed by atoms with van der Waals surface area (Å²) in [5.41, 5.74) is 2.32. The Hall–Kier alpha value is -1.68. The average Bonchev–Trinajstić information content (AvgIpc) is 2.93. The van der Waals surface area contributed by atoms with Crippen molar-refractivity contribution >= 4 is 0 Å². The molecule has 0 spiro atoms. The van der Waals surface area contributed by atoms with Gasteiger partial charge in [0.05, 0.1) is 0 Å². The molecular weight excluding hydrogens is 262 g/mol. The Morgan fingerprint density at radius 1 is 1.10 bits per heavy atom. The van der Waals surface area contributed by atoms with Crippen LogP contribution in [0.3, 0.4) is 0 Å². The van der Waals surface area contributed by atoms with Gasteiger partial charge in [-0.05, 0) is 24.4 Å². The SMILES string of the molecule is CNC(Cc1nc(-c2ccc(C(C)C)cc2)no1)C(C)C. The Kier molecular flexibility index (Phi) is 5.12. The summed E-state index contributed by atoms with van der Waals surface area (Å²) in [7, 11) is 1.96. The van der Waals surface area contributed by atoms with Crippen molar-refractivity contribution in [3.05, 3.63) is 35.7 Å². The van der Waals surface area contributed by atoms with Crippen LogP contribution in [0.4, 0.5) is 0 Å². The smallest absolute Gasteiger partial charge is 0.228 e. The highest BCUT2D eigenvalue weighted by atomic mass is 16.5. The zero-order valence-corrected chi connectivity index (χ0v) is 13.6. The highest BCUT2D eigenvalue weighted by Gasteiger charge is 2.16. The fourth-order valence-corrected chi connectivity index (χ4v) is 2.33. The molecule has 1 aromatic carbocycles. The molecule has 1 unspecified atom stereocenters. The van der Waals surface area contributed by atoms with E-state index in [4.69, 9.17) is 4.52 Å². The highest BCUT2D eigenvalue weighted by Crippen LogP contribution is 2.21. The van der Waals surface area contributed by atoms with Crippen LogP contribution in [0.15, 0.2) is 28.8 Å². The van der Waals surface area contributed by atoms with Crippen molar-refractivity contribution in [2.24, 2.45) is 5.92 Å². The minimum atomic E-state index is 0.349.